The van der Waals surface area contributed by atoms with E-state index >= 15 is 0 Å². The maximum atomic E-state index is 8.98. The number of pyridine rings is 2. The molecule has 1 saturated carbocycles. The normalized spacial score (nSPS) is 14.2. The average molecular weight is 954 g/mol. The van der Waals surface area contributed by atoms with Gasteiger partial charge in [0.1, 0.15) is 0 Å². The van der Waals surface area contributed by atoms with Crippen LogP contribution < -0.4 is 4.40 Å². The Hall–Kier alpha value is -3.41. The summed E-state index contributed by atoms with van der Waals surface area (Å²) >= 11 is 0.0815. The number of benzene rings is 4. The first-order valence-electron chi connectivity index (χ1n) is 19.7. The number of hydrogen-bond donors (Lipinski definition) is 0. The molecule has 53 heavy (non-hydrogen) atoms. The molecule has 1 aliphatic carbocycles. The molecule has 7 aromatic rings. The Balaban J connectivity index is 0.000000254. The molecule has 2 nitrogen and oxygen atoms in total. The summed E-state index contributed by atoms with van der Waals surface area (Å²) in [4.78, 5) is 9.25. The summed E-state index contributed by atoms with van der Waals surface area (Å²) in [5, 5.41) is 2.52. The predicted octanol–water partition coefficient (Wildman–Crippen LogP) is 13.0. The van der Waals surface area contributed by atoms with Crippen LogP contribution in [0, 0.1) is 45.7 Å². The largest absolute Gasteiger partial charge is 0 e. The van der Waals surface area contributed by atoms with E-state index in [0.29, 0.717) is 0 Å². The third-order valence-corrected chi connectivity index (χ3v) is 15.7. The van der Waals surface area contributed by atoms with E-state index < -0.39 is 19.6 Å². The molecule has 0 unspecified atom stereocenters. The topological polar surface area (TPSA) is 25.8 Å². The van der Waals surface area contributed by atoms with Gasteiger partial charge in [-0.1, -0.05) is 72.9 Å². The summed E-state index contributed by atoms with van der Waals surface area (Å²) in [6, 6.07) is 36.2. The zero-order chi connectivity index (χ0) is 38.2. The number of rotatable bonds is 6. The van der Waals surface area contributed by atoms with E-state index in [9.17, 15) is 0 Å². The first-order chi connectivity index (χ1) is 25.8. The molecule has 3 aromatic heterocycles. The van der Waals surface area contributed by atoms with Crippen LogP contribution in [0.3, 0.4) is 0 Å². The van der Waals surface area contributed by atoms with Crippen LogP contribution in [-0.2, 0) is 26.5 Å². The van der Waals surface area contributed by atoms with Gasteiger partial charge in [0, 0.05) is 33.7 Å². The predicted molar refractivity (Wildman–Crippen MR) is 228 cm³/mol. The number of thiophene rings is 1. The number of hydrogen-bond acceptors (Lipinski definition) is 3. The van der Waals surface area contributed by atoms with Crippen molar-refractivity contribution in [2.24, 2.45) is 5.92 Å². The van der Waals surface area contributed by atoms with E-state index in [4.69, 9.17) is 7.73 Å². The van der Waals surface area contributed by atoms with Crippen molar-refractivity contribution in [2.45, 2.75) is 83.4 Å². The molecule has 0 N–H and O–H groups in total. The summed E-state index contributed by atoms with van der Waals surface area (Å²) < 4.78 is 21.8. The molecule has 0 saturated heterocycles. The Bertz CT molecular complexity index is 2410. The summed E-state index contributed by atoms with van der Waals surface area (Å²) in [6.07, 6.45) is 7.87. The first kappa shape index (κ1) is 36.6. The van der Waals surface area contributed by atoms with Gasteiger partial charge in [-0.25, -0.2) is 0 Å². The van der Waals surface area contributed by atoms with Crippen LogP contribution in [0.2, 0.25) is 17.3 Å². The van der Waals surface area contributed by atoms with Crippen LogP contribution in [0.15, 0.2) is 97.3 Å². The van der Waals surface area contributed by atoms with Crippen LogP contribution in [0.25, 0.3) is 53.8 Å². The Labute approximate surface area is 340 Å². The van der Waals surface area contributed by atoms with Gasteiger partial charge < -0.3 is 4.98 Å². The fourth-order valence-corrected chi connectivity index (χ4v) is 11.2. The molecule has 0 spiro atoms. The van der Waals surface area contributed by atoms with Crippen molar-refractivity contribution < 1.29 is 22.8 Å². The number of fused-ring (bicyclic) bond motifs is 3. The third kappa shape index (κ3) is 8.95. The van der Waals surface area contributed by atoms with Crippen molar-refractivity contribution in [3.8, 4) is 33.6 Å². The van der Waals surface area contributed by atoms with Crippen LogP contribution in [0.4, 0.5) is 0 Å². The Morgan fingerprint density at radius 3 is 2.25 bits per heavy atom. The van der Waals surface area contributed by atoms with Gasteiger partial charge in [0.05, 0.1) is 0 Å². The minimum absolute atomic E-state index is 0. The smallest absolute Gasteiger partial charge is 0 e. The SMILES string of the molecule is [2H]C([2H])(c1ccnc(-c2[c-]ccc3c2sc2cc(-c4c(C)cc(C)cc4C)cc(C)c23)c1)C1CCCCC1.[CH3][Ge]([CH3])([CH3])[c]1ccc(-c2[c-]cccc2)nc1.[Ir]. The van der Waals surface area contributed by atoms with E-state index in [2.05, 4.69) is 105 Å². The molecule has 8 rings (SSSR count). The fourth-order valence-electron chi connectivity index (χ4n) is 7.74. The van der Waals surface area contributed by atoms with Crippen LogP contribution in [0.1, 0.15) is 62.7 Å². The summed E-state index contributed by atoms with van der Waals surface area (Å²) in [6.45, 7) is 8.78. The minimum Gasteiger partial charge on any atom is 0 e. The molecular formula is C48H50GeIrN2S-2. The number of nitrogens with zero attached hydrogens (tertiary/aromatic N) is 2. The quantitative estimate of drug-likeness (QED) is 0.123. The summed E-state index contributed by atoms with van der Waals surface area (Å²) in [7, 11) is 0. The Kier molecular flexibility index (Phi) is 11.7. The molecule has 0 atom stereocenters. The van der Waals surface area contributed by atoms with Gasteiger partial charge >= 0.3 is 99.8 Å². The second kappa shape index (κ2) is 16.9. The second-order valence-electron chi connectivity index (χ2n) is 15.5. The van der Waals surface area contributed by atoms with E-state index in [1.165, 1.54) is 64.4 Å². The molecule has 3 heterocycles. The fraction of sp³-hybridized carbons (Fsp3) is 0.292. The summed E-state index contributed by atoms with van der Waals surface area (Å²) in [5.41, 5.74) is 12.4. The molecule has 1 aliphatic rings. The molecular weight excluding hydrogens is 901 g/mol. The number of aryl methyl sites for hydroxylation is 4. The molecule has 1 radical (unpaired) electrons. The van der Waals surface area contributed by atoms with Gasteiger partial charge in [-0.15, -0.1) is 23.8 Å². The Morgan fingerprint density at radius 2 is 1.57 bits per heavy atom. The molecule has 4 aromatic carbocycles. The van der Waals surface area contributed by atoms with Gasteiger partial charge in [-0.3, -0.25) is 0 Å². The van der Waals surface area contributed by atoms with Gasteiger partial charge in [-0.05, 0) is 95.7 Å². The Morgan fingerprint density at radius 1 is 0.792 bits per heavy atom. The zero-order valence-electron chi connectivity index (χ0n) is 34.0. The number of aromatic nitrogens is 2. The standard InChI is InChI=1S/C34H34NS.C14H16GeN.Ir/c1-21-15-22(2)32(23(3)16-21)27-17-24(4)33-29-12-8-11-28(34(29)36-31(33)20-27)30-19-26(13-14-35-30)18-25-9-6-5-7-10-25;1-15(2,3)13-9-10-14(16-11-13)12-7-5-4-6-8-12;/h8,12-17,19-20,25H,5-7,9-10,18H2,1-4H3;4-7,9-11H,1-3H3;/q2*-1;/i18D2;;. The van der Waals surface area contributed by atoms with Gasteiger partial charge in [-0.2, -0.15) is 11.3 Å². The molecule has 0 amide bonds. The minimum atomic E-state index is -1.72. The first-order valence-corrected chi connectivity index (χ1v) is 26.8. The zero-order valence-corrected chi connectivity index (χ0v) is 37.3. The molecule has 0 bridgehead atoms. The van der Waals surface area contributed by atoms with E-state index in [0.717, 1.165) is 53.8 Å². The van der Waals surface area contributed by atoms with E-state index in [1.54, 1.807) is 17.5 Å². The van der Waals surface area contributed by atoms with E-state index in [-0.39, 0.29) is 26.0 Å². The van der Waals surface area contributed by atoms with Crippen LogP contribution >= 0.6 is 11.3 Å². The monoisotopic (exact) mass is 955 g/mol. The van der Waals surface area contributed by atoms with E-state index in [1.807, 2.05) is 48.7 Å². The van der Waals surface area contributed by atoms with Crippen LogP contribution in [-0.4, -0.2) is 23.2 Å². The van der Waals surface area contributed by atoms with Crippen molar-refractivity contribution in [1.82, 2.24) is 9.97 Å². The maximum absolute atomic E-state index is 8.98. The van der Waals surface area contributed by atoms with Crippen molar-refractivity contribution in [2.75, 3.05) is 0 Å². The van der Waals surface area contributed by atoms with Crippen LogP contribution in [0.5, 0.6) is 0 Å². The second-order valence-corrected chi connectivity index (χ2v) is 27.2. The molecule has 1 fully saturated rings. The van der Waals surface area contributed by atoms with Crippen molar-refractivity contribution in [3.63, 3.8) is 0 Å². The summed E-state index contributed by atoms with van der Waals surface area (Å²) in [5.74, 6) is 7.22. The molecule has 5 heteroatoms. The maximum Gasteiger partial charge on any atom is 0 e. The molecule has 273 valence electrons. The van der Waals surface area contributed by atoms with Crippen molar-refractivity contribution in [3.05, 3.63) is 137 Å². The van der Waals surface area contributed by atoms with Crippen molar-refractivity contribution >= 4 is 49.2 Å². The van der Waals surface area contributed by atoms with Crippen molar-refractivity contribution in [1.29, 1.82) is 0 Å². The van der Waals surface area contributed by atoms with Gasteiger partial charge in [0.25, 0.3) is 0 Å². The average Bonchev–Trinajstić information content (AvgIpc) is 3.55. The third-order valence-electron chi connectivity index (χ3n) is 10.3. The molecule has 0 aliphatic heterocycles. The van der Waals surface area contributed by atoms with Gasteiger partial charge in [0.2, 0.25) is 0 Å². The van der Waals surface area contributed by atoms with Gasteiger partial charge in [0.15, 0.2) is 0 Å².